The molecule has 0 aromatic heterocycles. The van der Waals surface area contributed by atoms with Crippen molar-refractivity contribution < 1.29 is 9.59 Å². The van der Waals surface area contributed by atoms with Gasteiger partial charge in [0.1, 0.15) is 0 Å². The molecule has 2 aliphatic rings. The van der Waals surface area contributed by atoms with Crippen LogP contribution in [0.2, 0.25) is 0 Å². The van der Waals surface area contributed by atoms with Crippen molar-refractivity contribution in [1.82, 2.24) is 5.32 Å². The number of benzene rings is 2. The Bertz CT molecular complexity index is 844. The zero-order valence-corrected chi connectivity index (χ0v) is 13.9. The average molecular weight is 339 g/mol. The summed E-state index contributed by atoms with van der Waals surface area (Å²) in [6.07, 6.45) is 0.243. The van der Waals surface area contributed by atoms with Crippen LogP contribution in [-0.2, 0) is 9.59 Å². The van der Waals surface area contributed by atoms with E-state index in [4.69, 9.17) is 0 Å². The van der Waals surface area contributed by atoms with Crippen LogP contribution in [0.5, 0.6) is 0 Å². The van der Waals surface area contributed by atoms with Gasteiger partial charge in [0.05, 0.1) is 18.2 Å². The third-order valence-corrected chi connectivity index (χ3v) is 5.26. The summed E-state index contributed by atoms with van der Waals surface area (Å²) in [7, 11) is 0. The van der Waals surface area contributed by atoms with Crippen LogP contribution < -0.4 is 10.2 Å². The van der Waals surface area contributed by atoms with Crippen molar-refractivity contribution in [2.24, 2.45) is 10.9 Å². The maximum Gasteiger partial charge on any atom is 0.231 e. The van der Waals surface area contributed by atoms with Gasteiger partial charge in [-0.15, -0.1) is 0 Å². The molecule has 2 aromatic carbocycles. The lowest BCUT2D eigenvalue weighted by molar-refractivity contribution is -0.125. The fraction of sp³-hybridized carbons (Fsp3) is 0.278. The summed E-state index contributed by atoms with van der Waals surface area (Å²) in [5.41, 5.74) is 0.876. The van der Waals surface area contributed by atoms with Crippen LogP contribution in [0.3, 0.4) is 0 Å². The van der Waals surface area contributed by atoms with Crippen LogP contribution in [0, 0.1) is 5.92 Å². The Kier molecular flexibility index (Phi) is 3.98. The van der Waals surface area contributed by atoms with Crippen molar-refractivity contribution in [3.05, 3.63) is 42.5 Å². The quantitative estimate of drug-likeness (QED) is 0.914. The van der Waals surface area contributed by atoms with Crippen LogP contribution in [0.1, 0.15) is 6.42 Å². The second kappa shape index (κ2) is 6.28. The van der Waals surface area contributed by atoms with Gasteiger partial charge >= 0.3 is 0 Å². The molecular formula is C18H17N3O2S. The Hall–Kier alpha value is -2.34. The fourth-order valence-corrected chi connectivity index (χ4v) is 3.91. The predicted octanol–water partition coefficient (Wildman–Crippen LogP) is 2.41. The molecule has 0 bridgehead atoms. The standard InChI is InChI=1S/C18H17N3O2S/c22-16-10-13(17(23)20-18-19-8-9-24-18)11-21(16)15-7-3-5-12-4-1-2-6-14(12)15/h1-7,13H,8-11H2,(H,19,20,23)/t13-/m1/s1. The lowest BCUT2D eigenvalue weighted by atomic mass is 10.1. The third-order valence-electron chi connectivity index (χ3n) is 4.37. The molecule has 1 atom stereocenters. The molecular weight excluding hydrogens is 322 g/mol. The number of hydrogen-bond acceptors (Lipinski definition) is 4. The van der Waals surface area contributed by atoms with Crippen molar-refractivity contribution in [2.75, 3.05) is 23.7 Å². The largest absolute Gasteiger partial charge is 0.311 e. The highest BCUT2D eigenvalue weighted by Gasteiger charge is 2.36. The Morgan fingerprint density at radius 3 is 2.88 bits per heavy atom. The normalized spacial score (nSPS) is 20.5. The number of rotatable bonds is 2. The van der Waals surface area contributed by atoms with E-state index in [1.165, 1.54) is 0 Å². The number of carbonyl (C=O) groups excluding carboxylic acids is 2. The van der Waals surface area contributed by atoms with E-state index < -0.39 is 0 Å². The number of fused-ring (bicyclic) bond motifs is 1. The Balaban J connectivity index is 1.56. The first-order chi connectivity index (χ1) is 11.7. The number of aliphatic imine (C=N–C) groups is 1. The summed E-state index contributed by atoms with van der Waals surface area (Å²) in [6.45, 7) is 1.16. The summed E-state index contributed by atoms with van der Waals surface area (Å²) in [6, 6.07) is 13.9. The molecule has 2 heterocycles. The molecule has 0 unspecified atom stereocenters. The summed E-state index contributed by atoms with van der Waals surface area (Å²) in [5.74, 6) is 0.452. The third kappa shape index (κ3) is 2.78. The number of hydrogen-bond donors (Lipinski definition) is 1. The zero-order valence-electron chi connectivity index (χ0n) is 13.1. The number of anilines is 1. The second-order valence-corrected chi connectivity index (χ2v) is 7.01. The van der Waals surface area contributed by atoms with Crippen LogP contribution in [-0.4, -0.2) is 35.8 Å². The van der Waals surface area contributed by atoms with Crippen LogP contribution in [0.4, 0.5) is 5.69 Å². The van der Waals surface area contributed by atoms with Gasteiger partial charge in [0.25, 0.3) is 0 Å². The predicted molar refractivity (Wildman–Crippen MR) is 97.3 cm³/mol. The molecule has 122 valence electrons. The van der Waals surface area contributed by atoms with Gasteiger partial charge in [0.15, 0.2) is 5.17 Å². The summed E-state index contributed by atoms with van der Waals surface area (Å²) in [5, 5.41) is 5.65. The van der Waals surface area contributed by atoms with Crippen molar-refractivity contribution in [2.45, 2.75) is 6.42 Å². The summed E-state index contributed by atoms with van der Waals surface area (Å²) < 4.78 is 0. The first-order valence-corrected chi connectivity index (χ1v) is 8.97. The maximum absolute atomic E-state index is 12.5. The molecule has 24 heavy (non-hydrogen) atoms. The minimum absolute atomic E-state index is 0.00693. The molecule has 2 aromatic rings. The number of amidine groups is 1. The number of nitrogens with zero attached hydrogens (tertiary/aromatic N) is 2. The number of carbonyl (C=O) groups is 2. The Morgan fingerprint density at radius 1 is 1.21 bits per heavy atom. The molecule has 2 aliphatic heterocycles. The van der Waals surface area contributed by atoms with E-state index in [-0.39, 0.29) is 24.2 Å². The van der Waals surface area contributed by atoms with Gasteiger partial charge in [-0.25, -0.2) is 0 Å². The van der Waals surface area contributed by atoms with E-state index in [1.54, 1.807) is 16.7 Å². The monoisotopic (exact) mass is 339 g/mol. The van der Waals surface area contributed by atoms with Crippen LogP contribution >= 0.6 is 11.8 Å². The summed E-state index contributed by atoms with van der Waals surface area (Å²) >= 11 is 1.55. The molecule has 0 saturated carbocycles. The minimum Gasteiger partial charge on any atom is -0.311 e. The van der Waals surface area contributed by atoms with E-state index in [0.717, 1.165) is 28.8 Å². The SMILES string of the molecule is O=C(NC1=NCCS1)[C@@H]1CC(=O)N(c2cccc3ccccc23)C1. The molecule has 5 nitrogen and oxygen atoms in total. The summed E-state index contributed by atoms with van der Waals surface area (Å²) in [4.78, 5) is 30.8. The Labute approximate surface area is 144 Å². The van der Waals surface area contributed by atoms with E-state index >= 15 is 0 Å². The molecule has 0 radical (unpaired) electrons. The topological polar surface area (TPSA) is 61.8 Å². The van der Waals surface area contributed by atoms with E-state index in [9.17, 15) is 9.59 Å². The molecule has 2 amide bonds. The lowest BCUT2D eigenvalue weighted by Gasteiger charge is -2.19. The first-order valence-electron chi connectivity index (χ1n) is 7.98. The van der Waals surface area contributed by atoms with E-state index in [0.29, 0.717) is 11.7 Å². The van der Waals surface area contributed by atoms with Gasteiger partial charge in [-0.1, -0.05) is 48.2 Å². The van der Waals surface area contributed by atoms with Gasteiger partial charge in [-0.3, -0.25) is 14.6 Å². The average Bonchev–Trinajstić information content (AvgIpc) is 3.24. The van der Waals surface area contributed by atoms with Crippen molar-refractivity contribution >= 4 is 45.2 Å². The Morgan fingerprint density at radius 2 is 2.04 bits per heavy atom. The molecule has 1 N–H and O–H groups in total. The van der Waals surface area contributed by atoms with Gasteiger partial charge < -0.3 is 10.2 Å². The molecule has 0 spiro atoms. The highest BCUT2D eigenvalue weighted by atomic mass is 32.2. The number of nitrogens with one attached hydrogen (secondary N) is 1. The molecule has 6 heteroatoms. The highest BCUT2D eigenvalue weighted by Crippen LogP contribution is 2.31. The van der Waals surface area contributed by atoms with Gasteiger partial charge in [-0.2, -0.15) is 0 Å². The molecule has 1 saturated heterocycles. The number of thioether (sulfide) groups is 1. The lowest BCUT2D eigenvalue weighted by Crippen LogP contribution is -2.35. The smallest absolute Gasteiger partial charge is 0.231 e. The first kappa shape index (κ1) is 15.2. The number of amides is 2. The van der Waals surface area contributed by atoms with Crippen molar-refractivity contribution in [1.29, 1.82) is 0 Å². The van der Waals surface area contributed by atoms with Crippen molar-refractivity contribution in [3.8, 4) is 0 Å². The molecule has 1 fully saturated rings. The fourth-order valence-electron chi connectivity index (χ4n) is 3.18. The highest BCUT2D eigenvalue weighted by molar-refractivity contribution is 8.14. The maximum atomic E-state index is 12.5. The van der Waals surface area contributed by atoms with Crippen LogP contribution in [0.15, 0.2) is 47.5 Å². The van der Waals surface area contributed by atoms with Crippen LogP contribution in [0.25, 0.3) is 10.8 Å². The van der Waals surface area contributed by atoms with Crippen molar-refractivity contribution in [3.63, 3.8) is 0 Å². The van der Waals surface area contributed by atoms with Gasteiger partial charge in [0.2, 0.25) is 11.8 Å². The van der Waals surface area contributed by atoms with E-state index in [1.807, 2.05) is 42.5 Å². The van der Waals surface area contributed by atoms with Gasteiger partial charge in [0, 0.05) is 24.1 Å². The minimum atomic E-state index is -0.333. The second-order valence-electron chi connectivity index (χ2n) is 5.93. The molecule has 0 aliphatic carbocycles. The molecule has 4 rings (SSSR count). The zero-order chi connectivity index (χ0) is 16.5. The van der Waals surface area contributed by atoms with Gasteiger partial charge in [-0.05, 0) is 11.5 Å². The van der Waals surface area contributed by atoms with E-state index in [2.05, 4.69) is 10.3 Å².